The summed E-state index contributed by atoms with van der Waals surface area (Å²) in [5, 5.41) is 5.59. The number of carbonyl (C=O) groups is 3. The molecular weight excluding hydrogens is 438 g/mol. The Morgan fingerprint density at radius 1 is 1.09 bits per heavy atom. The predicted octanol–water partition coefficient (Wildman–Crippen LogP) is 4.32. The summed E-state index contributed by atoms with van der Waals surface area (Å²) in [6, 6.07) is 4.04. The first-order chi connectivity index (χ1) is 15.4. The highest BCUT2D eigenvalue weighted by Gasteiger charge is 2.35. The van der Waals surface area contributed by atoms with Crippen molar-refractivity contribution in [3.63, 3.8) is 0 Å². The first kappa shape index (κ1) is 28.8. The van der Waals surface area contributed by atoms with Crippen molar-refractivity contribution in [2.45, 2.75) is 85.4 Å². The van der Waals surface area contributed by atoms with Crippen molar-refractivity contribution in [1.29, 1.82) is 0 Å². The summed E-state index contributed by atoms with van der Waals surface area (Å²) in [6.45, 7) is 14.0. The number of unbranched alkanes of at least 4 members (excludes halogenated alkanes) is 2. The summed E-state index contributed by atoms with van der Waals surface area (Å²) < 4.78 is 5.30. The Balaban J connectivity index is 3.22. The van der Waals surface area contributed by atoms with Crippen LogP contribution in [0.1, 0.15) is 76.6 Å². The molecule has 2 N–H and O–H groups in total. The van der Waals surface area contributed by atoms with Gasteiger partial charge in [0.2, 0.25) is 11.8 Å². The fourth-order valence-corrected chi connectivity index (χ4v) is 3.64. The van der Waals surface area contributed by atoms with E-state index in [-0.39, 0.29) is 17.6 Å². The van der Waals surface area contributed by atoms with Gasteiger partial charge in [0.15, 0.2) is 0 Å². The monoisotopic (exact) mass is 479 g/mol. The fourth-order valence-electron chi connectivity index (χ4n) is 3.39. The van der Waals surface area contributed by atoms with E-state index in [2.05, 4.69) is 30.2 Å². The molecule has 0 aliphatic rings. The van der Waals surface area contributed by atoms with Crippen molar-refractivity contribution in [2.75, 3.05) is 18.8 Å². The number of benzene rings is 1. The number of carbonyl (C=O) groups excluding carboxylic acids is 3. The minimum Gasteiger partial charge on any atom is -0.444 e. The molecule has 0 saturated heterocycles. The molecule has 8 heteroatoms. The van der Waals surface area contributed by atoms with Gasteiger partial charge in [-0.05, 0) is 64.7 Å². The highest BCUT2D eigenvalue weighted by Crippen LogP contribution is 2.25. The van der Waals surface area contributed by atoms with Crippen molar-refractivity contribution < 1.29 is 19.1 Å². The Kier molecular flexibility index (Phi) is 11.8. The normalized spacial score (nSPS) is 13.1. The van der Waals surface area contributed by atoms with E-state index in [4.69, 9.17) is 4.74 Å². The molecular formula is C25H41N3O4S. The van der Waals surface area contributed by atoms with Crippen LogP contribution in [0.3, 0.4) is 0 Å². The maximum absolute atomic E-state index is 13.5. The lowest BCUT2D eigenvalue weighted by molar-refractivity contribution is -0.141. The van der Waals surface area contributed by atoms with Crippen LogP contribution in [0.2, 0.25) is 0 Å². The zero-order chi connectivity index (χ0) is 25.2. The maximum atomic E-state index is 13.5. The van der Waals surface area contributed by atoms with Crippen LogP contribution >= 0.6 is 12.6 Å². The van der Waals surface area contributed by atoms with Gasteiger partial charge < -0.3 is 20.3 Å². The molecule has 0 bridgehead atoms. The van der Waals surface area contributed by atoms with Crippen LogP contribution in [0.5, 0.6) is 0 Å². The number of amides is 3. The number of thiol groups is 1. The van der Waals surface area contributed by atoms with Crippen molar-refractivity contribution in [3.05, 3.63) is 34.9 Å². The van der Waals surface area contributed by atoms with E-state index in [1.165, 1.54) is 4.90 Å². The minimum absolute atomic E-state index is 0.0757. The van der Waals surface area contributed by atoms with Crippen LogP contribution < -0.4 is 10.6 Å². The van der Waals surface area contributed by atoms with Crippen LogP contribution in [0.25, 0.3) is 0 Å². The summed E-state index contributed by atoms with van der Waals surface area (Å²) in [7, 11) is 0. The quantitative estimate of drug-likeness (QED) is 0.326. The van der Waals surface area contributed by atoms with E-state index in [0.29, 0.717) is 13.1 Å². The topological polar surface area (TPSA) is 87.7 Å². The molecule has 0 fully saturated rings. The third-order valence-corrected chi connectivity index (χ3v) is 5.65. The number of rotatable bonds is 11. The number of ether oxygens (including phenoxy) is 1. The average Bonchev–Trinajstić information content (AvgIpc) is 2.73. The standard InChI is InChI=1S/C25H41N3O4S/c1-8-10-11-14-26-22(29)21(19-13-12-17(3)18(4)15-19)28(9-2)23(30)20(16-33)27-24(31)32-25(5,6)7/h12-13,15,20-21,33H,8-11,14,16H2,1-7H3,(H,26,29)(H,27,31). The molecule has 1 aromatic rings. The van der Waals surface area contributed by atoms with E-state index in [1.54, 1.807) is 20.8 Å². The Hall–Kier alpha value is -2.22. The van der Waals surface area contributed by atoms with Crippen LogP contribution in [0.4, 0.5) is 4.79 Å². The van der Waals surface area contributed by atoms with Gasteiger partial charge in [0, 0.05) is 18.8 Å². The van der Waals surface area contributed by atoms with Gasteiger partial charge in [-0.3, -0.25) is 9.59 Å². The van der Waals surface area contributed by atoms with Crippen molar-refractivity contribution >= 4 is 30.5 Å². The predicted molar refractivity (Wildman–Crippen MR) is 136 cm³/mol. The van der Waals surface area contributed by atoms with Gasteiger partial charge in [0.25, 0.3) is 0 Å². The Morgan fingerprint density at radius 3 is 2.27 bits per heavy atom. The van der Waals surface area contributed by atoms with Gasteiger partial charge in [-0.15, -0.1) is 0 Å². The van der Waals surface area contributed by atoms with Crippen LogP contribution in [0, 0.1) is 13.8 Å². The number of alkyl carbamates (subject to hydrolysis) is 1. The molecule has 0 aliphatic carbocycles. The molecule has 0 saturated carbocycles. The van der Waals surface area contributed by atoms with Gasteiger partial charge in [-0.1, -0.05) is 38.0 Å². The number of hydrogen-bond acceptors (Lipinski definition) is 5. The summed E-state index contributed by atoms with van der Waals surface area (Å²) in [6.07, 6.45) is 2.25. The summed E-state index contributed by atoms with van der Waals surface area (Å²) in [4.78, 5) is 40.6. The molecule has 0 spiro atoms. The van der Waals surface area contributed by atoms with E-state index in [1.807, 2.05) is 39.0 Å². The number of nitrogens with one attached hydrogen (secondary N) is 2. The highest BCUT2D eigenvalue weighted by molar-refractivity contribution is 7.80. The van der Waals surface area contributed by atoms with Crippen LogP contribution in [-0.4, -0.2) is 53.3 Å². The molecule has 33 heavy (non-hydrogen) atoms. The van der Waals surface area contributed by atoms with Gasteiger partial charge >= 0.3 is 6.09 Å². The molecule has 186 valence electrons. The van der Waals surface area contributed by atoms with Crippen molar-refractivity contribution in [1.82, 2.24) is 15.5 Å². The second-order valence-electron chi connectivity index (χ2n) is 9.25. The molecule has 0 aliphatic heterocycles. The highest BCUT2D eigenvalue weighted by atomic mass is 32.1. The largest absolute Gasteiger partial charge is 0.444 e. The molecule has 1 rings (SSSR count). The van der Waals surface area contributed by atoms with Gasteiger partial charge in [0.05, 0.1) is 0 Å². The molecule has 1 aromatic carbocycles. The average molecular weight is 480 g/mol. The third kappa shape index (κ3) is 9.27. The lowest BCUT2D eigenvalue weighted by atomic mass is 9.98. The second kappa shape index (κ2) is 13.5. The molecule has 3 amide bonds. The lowest BCUT2D eigenvalue weighted by Crippen LogP contribution is -2.53. The number of hydrogen-bond donors (Lipinski definition) is 3. The van der Waals surface area contributed by atoms with Gasteiger partial charge in [-0.2, -0.15) is 12.6 Å². The Labute approximate surface area is 204 Å². The van der Waals surface area contributed by atoms with Crippen LogP contribution in [0.15, 0.2) is 18.2 Å². The summed E-state index contributed by atoms with van der Waals surface area (Å²) >= 11 is 4.27. The van der Waals surface area contributed by atoms with Gasteiger partial charge in [-0.25, -0.2) is 4.79 Å². The SMILES string of the molecule is CCCCCNC(=O)C(c1ccc(C)c(C)c1)N(CC)C(=O)C(CS)NC(=O)OC(C)(C)C. The summed E-state index contributed by atoms with van der Waals surface area (Å²) in [5.74, 6) is -0.545. The molecule has 7 nitrogen and oxygen atoms in total. The number of aryl methyl sites for hydroxylation is 2. The van der Waals surface area contributed by atoms with Crippen molar-refractivity contribution in [2.24, 2.45) is 0 Å². The second-order valence-corrected chi connectivity index (χ2v) is 9.62. The van der Waals surface area contributed by atoms with Gasteiger partial charge in [0.1, 0.15) is 17.7 Å². The van der Waals surface area contributed by atoms with E-state index in [9.17, 15) is 14.4 Å². The van der Waals surface area contributed by atoms with E-state index < -0.39 is 23.8 Å². The van der Waals surface area contributed by atoms with E-state index >= 15 is 0 Å². The molecule has 0 heterocycles. The number of likely N-dealkylation sites (N-methyl/N-ethyl adjacent to an activating group) is 1. The Morgan fingerprint density at radius 2 is 1.76 bits per heavy atom. The summed E-state index contributed by atoms with van der Waals surface area (Å²) in [5.41, 5.74) is 2.18. The smallest absolute Gasteiger partial charge is 0.408 e. The first-order valence-electron chi connectivity index (χ1n) is 11.7. The Bertz CT molecular complexity index is 807. The first-order valence-corrected chi connectivity index (χ1v) is 12.3. The third-order valence-electron chi connectivity index (χ3n) is 5.28. The molecule has 2 atom stereocenters. The fraction of sp³-hybridized carbons (Fsp3) is 0.640. The molecule has 2 unspecified atom stereocenters. The van der Waals surface area contributed by atoms with Crippen molar-refractivity contribution in [3.8, 4) is 0 Å². The maximum Gasteiger partial charge on any atom is 0.408 e. The van der Waals surface area contributed by atoms with Crippen LogP contribution in [-0.2, 0) is 14.3 Å². The molecule has 0 aromatic heterocycles. The number of nitrogens with zero attached hydrogens (tertiary/aromatic N) is 1. The zero-order valence-corrected chi connectivity index (χ0v) is 22.1. The lowest BCUT2D eigenvalue weighted by Gasteiger charge is -2.33. The zero-order valence-electron chi connectivity index (χ0n) is 21.2. The molecule has 0 radical (unpaired) electrons. The minimum atomic E-state index is -0.926. The van der Waals surface area contributed by atoms with E-state index in [0.717, 1.165) is 36.0 Å².